The van der Waals surface area contributed by atoms with Crippen LogP contribution >= 0.6 is 11.6 Å². The number of nitrogens with zero attached hydrogens (tertiary/aromatic N) is 1. The minimum atomic E-state index is -0.985. The average Bonchev–Trinajstić information content (AvgIpc) is 2.55. The van der Waals surface area contributed by atoms with Crippen molar-refractivity contribution in [3.05, 3.63) is 22.7 Å². The van der Waals surface area contributed by atoms with Gasteiger partial charge in [-0.05, 0) is 45.2 Å². The summed E-state index contributed by atoms with van der Waals surface area (Å²) in [6.45, 7) is 4.14. The third-order valence-electron chi connectivity index (χ3n) is 3.88. The number of carbonyl (C=O) groups excluding carboxylic acids is 1. The Balaban J connectivity index is 2.35. The first-order chi connectivity index (χ1) is 11.3. The molecular formula is C17H22ClNO5. The number of carboxylic acids is 1. The molecule has 1 aliphatic heterocycles. The first kappa shape index (κ1) is 18.4. The van der Waals surface area contributed by atoms with Crippen molar-refractivity contribution in [1.82, 2.24) is 4.90 Å². The predicted molar refractivity (Wildman–Crippen MR) is 90.1 cm³/mol. The quantitative estimate of drug-likeness (QED) is 0.877. The molecule has 1 unspecified atom stereocenters. The highest BCUT2D eigenvalue weighted by molar-refractivity contribution is 6.32. The van der Waals surface area contributed by atoms with Crippen molar-refractivity contribution in [2.45, 2.75) is 45.3 Å². The SMILES string of the molecule is COc1cc(C(=O)N2CCCCC2C(=O)O)cc(Cl)c1OC(C)C. The average molecular weight is 356 g/mol. The molecule has 1 saturated heterocycles. The van der Waals surface area contributed by atoms with Gasteiger partial charge >= 0.3 is 5.97 Å². The molecule has 7 heteroatoms. The number of hydrogen-bond acceptors (Lipinski definition) is 4. The number of piperidine rings is 1. The number of carbonyl (C=O) groups is 2. The van der Waals surface area contributed by atoms with Crippen LogP contribution in [0, 0.1) is 0 Å². The Morgan fingerprint density at radius 1 is 1.33 bits per heavy atom. The van der Waals surface area contributed by atoms with Gasteiger partial charge in [0.05, 0.1) is 18.2 Å². The van der Waals surface area contributed by atoms with Gasteiger partial charge in [0.1, 0.15) is 6.04 Å². The molecule has 0 aromatic heterocycles. The maximum absolute atomic E-state index is 12.8. The maximum atomic E-state index is 12.8. The molecule has 2 rings (SSSR count). The molecule has 1 aromatic rings. The highest BCUT2D eigenvalue weighted by Gasteiger charge is 2.33. The summed E-state index contributed by atoms with van der Waals surface area (Å²) in [5, 5.41) is 9.60. The topological polar surface area (TPSA) is 76.1 Å². The van der Waals surface area contributed by atoms with Crippen LogP contribution < -0.4 is 9.47 Å². The molecule has 0 spiro atoms. The lowest BCUT2D eigenvalue weighted by atomic mass is 10.0. The summed E-state index contributed by atoms with van der Waals surface area (Å²) >= 11 is 6.25. The molecule has 24 heavy (non-hydrogen) atoms. The fourth-order valence-corrected chi connectivity index (χ4v) is 3.05. The Hall–Kier alpha value is -1.95. The molecule has 1 aliphatic rings. The van der Waals surface area contributed by atoms with Gasteiger partial charge in [-0.25, -0.2) is 4.79 Å². The molecule has 132 valence electrons. The summed E-state index contributed by atoms with van der Waals surface area (Å²) in [4.78, 5) is 25.6. The van der Waals surface area contributed by atoms with Gasteiger partial charge in [0.2, 0.25) is 0 Å². The standard InChI is InChI=1S/C17H22ClNO5/c1-10(2)24-15-12(18)8-11(9-14(15)23-3)16(20)19-7-5-4-6-13(19)17(21)22/h8-10,13H,4-7H2,1-3H3,(H,21,22). The number of benzene rings is 1. The Morgan fingerprint density at radius 3 is 2.62 bits per heavy atom. The van der Waals surface area contributed by atoms with E-state index in [2.05, 4.69) is 0 Å². The monoisotopic (exact) mass is 355 g/mol. The zero-order valence-corrected chi connectivity index (χ0v) is 14.8. The fourth-order valence-electron chi connectivity index (χ4n) is 2.79. The van der Waals surface area contributed by atoms with Crippen LogP contribution in [0.25, 0.3) is 0 Å². The third kappa shape index (κ3) is 3.93. The van der Waals surface area contributed by atoms with Gasteiger partial charge in [0, 0.05) is 12.1 Å². The molecule has 6 nitrogen and oxygen atoms in total. The van der Waals surface area contributed by atoms with Gasteiger partial charge < -0.3 is 19.5 Å². The molecule has 1 heterocycles. The molecule has 0 radical (unpaired) electrons. The Bertz CT molecular complexity index is 632. The number of ether oxygens (including phenoxy) is 2. The van der Waals surface area contributed by atoms with Crippen LogP contribution in [0.1, 0.15) is 43.5 Å². The normalized spacial score (nSPS) is 17.7. The highest BCUT2D eigenvalue weighted by Crippen LogP contribution is 2.37. The van der Waals surface area contributed by atoms with E-state index in [1.165, 1.54) is 18.1 Å². The maximum Gasteiger partial charge on any atom is 0.326 e. The molecule has 0 aliphatic carbocycles. The Kier molecular flexibility index (Phi) is 5.94. The summed E-state index contributed by atoms with van der Waals surface area (Å²) in [6, 6.07) is 2.24. The van der Waals surface area contributed by atoms with Crippen molar-refractivity contribution >= 4 is 23.5 Å². The zero-order valence-electron chi connectivity index (χ0n) is 14.0. The van der Waals surface area contributed by atoms with Crippen molar-refractivity contribution in [3.8, 4) is 11.5 Å². The Morgan fingerprint density at radius 2 is 2.04 bits per heavy atom. The Labute approximate surface area is 146 Å². The van der Waals surface area contributed by atoms with Crippen LogP contribution in [0.4, 0.5) is 0 Å². The van der Waals surface area contributed by atoms with Crippen LogP contribution in [0.5, 0.6) is 11.5 Å². The second-order valence-corrected chi connectivity index (χ2v) is 6.41. The van der Waals surface area contributed by atoms with Crippen LogP contribution in [-0.2, 0) is 4.79 Å². The predicted octanol–water partition coefficient (Wildman–Crippen LogP) is 3.22. The fraction of sp³-hybridized carbons (Fsp3) is 0.529. The number of carboxylic acid groups (broad SMARTS) is 1. The first-order valence-electron chi connectivity index (χ1n) is 7.93. The van der Waals surface area contributed by atoms with E-state index in [-0.39, 0.29) is 17.0 Å². The summed E-state index contributed by atoms with van der Waals surface area (Å²) in [5.41, 5.74) is 0.293. The molecule has 1 amide bonds. The van der Waals surface area contributed by atoms with E-state index in [0.29, 0.717) is 30.0 Å². The van der Waals surface area contributed by atoms with E-state index in [0.717, 1.165) is 12.8 Å². The molecule has 1 fully saturated rings. The van der Waals surface area contributed by atoms with Crippen LogP contribution in [-0.4, -0.2) is 47.7 Å². The zero-order chi connectivity index (χ0) is 17.9. The van der Waals surface area contributed by atoms with Gasteiger partial charge in [-0.3, -0.25) is 4.79 Å². The number of likely N-dealkylation sites (tertiary alicyclic amines) is 1. The second-order valence-electron chi connectivity index (χ2n) is 6.00. The van der Waals surface area contributed by atoms with E-state index in [1.54, 1.807) is 6.07 Å². The lowest BCUT2D eigenvalue weighted by molar-refractivity contribution is -0.143. The summed E-state index contributed by atoms with van der Waals surface area (Å²) < 4.78 is 10.9. The molecular weight excluding hydrogens is 334 g/mol. The molecule has 0 bridgehead atoms. The van der Waals surface area contributed by atoms with Gasteiger partial charge in [-0.1, -0.05) is 11.6 Å². The number of amides is 1. The molecule has 1 aromatic carbocycles. The van der Waals surface area contributed by atoms with E-state index < -0.39 is 12.0 Å². The summed E-state index contributed by atoms with van der Waals surface area (Å²) in [5.74, 6) is -0.623. The number of methoxy groups -OCH3 is 1. The van der Waals surface area contributed by atoms with Crippen molar-refractivity contribution in [2.24, 2.45) is 0 Å². The second kappa shape index (κ2) is 7.75. The van der Waals surface area contributed by atoms with Crippen molar-refractivity contribution in [1.29, 1.82) is 0 Å². The van der Waals surface area contributed by atoms with Crippen LogP contribution in [0.2, 0.25) is 5.02 Å². The number of rotatable bonds is 5. The van der Waals surface area contributed by atoms with Gasteiger partial charge in [0.25, 0.3) is 5.91 Å². The van der Waals surface area contributed by atoms with E-state index in [9.17, 15) is 14.7 Å². The first-order valence-corrected chi connectivity index (χ1v) is 8.31. The van der Waals surface area contributed by atoms with Gasteiger partial charge in [0.15, 0.2) is 11.5 Å². The number of hydrogen-bond donors (Lipinski definition) is 1. The molecule has 1 atom stereocenters. The molecule has 0 saturated carbocycles. The van der Waals surface area contributed by atoms with Crippen molar-refractivity contribution in [3.63, 3.8) is 0 Å². The smallest absolute Gasteiger partial charge is 0.326 e. The summed E-state index contributed by atoms with van der Waals surface area (Å²) in [6.07, 6.45) is 1.94. The number of aliphatic carboxylic acids is 1. The van der Waals surface area contributed by atoms with E-state index in [1.807, 2.05) is 13.8 Å². The third-order valence-corrected chi connectivity index (χ3v) is 4.16. The van der Waals surface area contributed by atoms with Gasteiger partial charge in [-0.15, -0.1) is 0 Å². The lowest BCUT2D eigenvalue weighted by Gasteiger charge is -2.33. The van der Waals surface area contributed by atoms with E-state index >= 15 is 0 Å². The van der Waals surface area contributed by atoms with Crippen LogP contribution in [0.3, 0.4) is 0 Å². The highest BCUT2D eigenvalue weighted by atomic mass is 35.5. The summed E-state index contributed by atoms with van der Waals surface area (Å²) in [7, 11) is 1.47. The van der Waals surface area contributed by atoms with Crippen molar-refractivity contribution in [2.75, 3.05) is 13.7 Å². The largest absolute Gasteiger partial charge is 0.493 e. The minimum Gasteiger partial charge on any atom is -0.493 e. The van der Waals surface area contributed by atoms with Gasteiger partial charge in [-0.2, -0.15) is 0 Å². The van der Waals surface area contributed by atoms with E-state index in [4.69, 9.17) is 21.1 Å². The lowest BCUT2D eigenvalue weighted by Crippen LogP contribution is -2.48. The molecule has 1 N–H and O–H groups in total. The van der Waals surface area contributed by atoms with Crippen molar-refractivity contribution < 1.29 is 24.2 Å². The minimum absolute atomic E-state index is 0.101. The van der Waals surface area contributed by atoms with Crippen LogP contribution in [0.15, 0.2) is 12.1 Å². The number of halogens is 1.